The standard InChI is InChI=1S/C25H15BrF6N2O3/c1-11-14(25(35)34(33-11)23-21(31)19(29)18(28)20(30)22(23)32)7-12-8-15(26)24(17(9-12)36-2)37-10-13-5-3-4-6-16(13)27/h3-9H,10H2,1-2H3/b14-7+. The molecule has 12 heteroatoms. The summed E-state index contributed by atoms with van der Waals surface area (Å²) in [7, 11) is 1.35. The molecule has 0 saturated carbocycles. The summed E-state index contributed by atoms with van der Waals surface area (Å²) >= 11 is 3.33. The van der Waals surface area contributed by atoms with Crippen LogP contribution in [0, 0.1) is 34.9 Å². The maximum Gasteiger partial charge on any atom is 0.280 e. The fourth-order valence-electron chi connectivity index (χ4n) is 3.51. The van der Waals surface area contributed by atoms with Gasteiger partial charge in [-0.05, 0) is 52.7 Å². The van der Waals surface area contributed by atoms with E-state index in [0.29, 0.717) is 15.6 Å². The van der Waals surface area contributed by atoms with Gasteiger partial charge in [0.05, 0.1) is 22.9 Å². The van der Waals surface area contributed by atoms with Crippen LogP contribution in [0.5, 0.6) is 11.5 Å². The molecular weight excluding hydrogens is 570 g/mol. The second kappa shape index (κ2) is 10.3. The molecule has 1 aliphatic rings. The summed E-state index contributed by atoms with van der Waals surface area (Å²) in [5.74, 6) is -12.3. The molecule has 0 fully saturated rings. The zero-order valence-corrected chi connectivity index (χ0v) is 20.6. The average molecular weight is 585 g/mol. The predicted octanol–water partition coefficient (Wildman–Crippen LogP) is 6.68. The number of rotatable bonds is 6. The molecule has 0 spiro atoms. The summed E-state index contributed by atoms with van der Waals surface area (Å²) in [6.45, 7) is 1.22. The van der Waals surface area contributed by atoms with Gasteiger partial charge in [-0.15, -0.1) is 0 Å². The Balaban J connectivity index is 1.67. The molecule has 0 radical (unpaired) electrons. The monoisotopic (exact) mass is 584 g/mol. The molecule has 1 amide bonds. The lowest BCUT2D eigenvalue weighted by atomic mass is 10.1. The molecule has 3 aromatic carbocycles. The summed E-state index contributed by atoms with van der Waals surface area (Å²) in [6, 6.07) is 9.03. The highest BCUT2D eigenvalue weighted by molar-refractivity contribution is 9.10. The predicted molar refractivity (Wildman–Crippen MR) is 126 cm³/mol. The number of carbonyl (C=O) groups is 1. The minimum atomic E-state index is -2.35. The molecule has 0 saturated heterocycles. The highest BCUT2D eigenvalue weighted by Gasteiger charge is 2.37. The van der Waals surface area contributed by atoms with Gasteiger partial charge in [0.1, 0.15) is 18.1 Å². The van der Waals surface area contributed by atoms with E-state index in [1.807, 2.05) is 0 Å². The Morgan fingerprint density at radius 2 is 1.59 bits per heavy atom. The molecule has 192 valence electrons. The molecule has 3 aromatic rings. The van der Waals surface area contributed by atoms with E-state index >= 15 is 0 Å². The van der Waals surface area contributed by atoms with Gasteiger partial charge in [0.2, 0.25) is 5.82 Å². The van der Waals surface area contributed by atoms with Crippen LogP contribution in [0.1, 0.15) is 18.1 Å². The van der Waals surface area contributed by atoms with Gasteiger partial charge in [-0.2, -0.15) is 10.1 Å². The van der Waals surface area contributed by atoms with Crippen LogP contribution in [0.4, 0.5) is 32.0 Å². The van der Waals surface area contributed by atoms with Gasteiger partial charge < -0.3 is 9.47 Å². The third-order valence-corrected chi connectivity index (χ3v) is 5.94. The van der Waals surface area contributed by atoms with Crippen molar-refractivity contribution in [1.82, 2.24) is 0 Å². The van der Waals surface area contributed by atoms with Crippen molar-refractivity contribution in [1.29, 1.82) is 0 Å². The van der Waals surface area contributed by atoms with Crippen molar-refractivity contribution < 1.29 is 40.6 Å². The molecule has 4 rings (SSSR count). The Labute approximate surface area is 214 Å². The number of halogens is 7. The summed E-state index contributed by atoms with van der Waals surface area (Å²) < 4.78 is 94.6. The van der Waals surface area contributed by atoms with Crippen molar-refractivity contribution in [2.45, 2.75) is 13.5 Å². The van der Waals surface area contributed by atoms with Gasteiger partial charge >= 0.3 is 0 Å². The number of ether oxygens (including phenoxy) is 2. The van der Waals surface area contributed by atoms with E-state index in [4.69, 9.17) is 9.47 Å². The van der Waals surface area contributed by atoms with E-state index in [-0.39, 0.29) is 34.4 Å². The molecule has 0 N–H and O–H groups in total. The number of amides is 1. The Hall–Kier alpha value is -3.80. The fourth-order valence-corrected chi connectivity index (χ4v) is 4.08. The molecule has 1 heterocycles. The van der Waals surface area contributed by atoms with E-state index in [2.05, 4.69) is 21.0 Å². The van der Waals surface area contributed by atoms with E-state index in [9.17, 15) is 31.1 Å². The van der Waals surface area contributed by atoms with Gasteiger partial charge in [-0.3, -0.25) is 4.79 Å². The number of methoxy groups -OCH3 is 1. The number of nitrogens with zero attached hydrogens (tertiary/aromatic N) is 2. The van der Waals surface area contributed by atoms with Crippen molar-refractivity contribution >= 4 is 39.3 Å². The van der Waals surface area contributed by atoms with Crippen molar-refractivity contribution in [3.8, 4) is 11.5 Å². The average Bonchev–Trinajstić information content (AvgIpc) is 3.14. The SMILES string of the molecule is COc1cc(/C=C2/C(=O)N(c3c(F)c(F)c(F)c(F)c3F)N=C2C)cc(Br)c1OCc1ccccc1F. The van der Waals surface area contributed by atoms with Crippen LogP contribution in [0.25, 0.3) is 6.08 Å². The van der Waals surface area contributed by atoms with E-state index in [0.717, 1.165) is 0 Å². The number of hydrogen-bond donors (Lipinski definition) is 0. The van der Waals surface area contributed by atoms with Gasteiger partial charge in [0.25, 0.3) is 5.91 Å². The van der Waals surface area contributed by atoms with Gasteiger partial charge in [0.15, 0.2) is 34.8 Å². The number of benzene rings is 3. The Morgan fingerprint density at radius 1 is 0.973 bits per heavy atom. The normalized spacial score (nSPS) is 14.4. The van der Waals surface area contributed by atoms with Crippen molar-refractivity contribution in [3.63, 3.8) is 0 Å². The number of hydrazone groups is 1. The summed E-state index contributed by atoms with van der Waals surface area (Å²) in [5, 5.41) is 3.82. The maximum absolute atomic E-state index is 14.3. The quantitative estimate of drug-likeness (QED) is 0.141. The lowest BCUT2D eigenvalue weighted by Gasteiger charge is -2.15. The third-order valence-electron chi connectivity index (χ3n) is 5.35. The minimum Gasteiger partial charge on any atom is -0.493 e. The molecule has 0 atom stereocenters. The third kappa shape index (κ3) is 4.80. The van der Waals surface area contributed by atoms with Crippen molar-refractivity contribution in [2.75, 3.05) is 12.1 Å². The van der Waals surface area contributed by atoms with E-state index in [1.165, 1.54) is 38.3 Å². The molecule has 0 aromatic heterocycles. The Bertz CT molecular complexity index is 1460. The van der Waals surface area contributed by atoms with Gasteiger partial charge in [-0.1, -0.05) is 18.2 Å². The lowest BCUT2D eigenvalue weighted by Crippen LogP contribution is -2.25. The van der Waals surface area contributed by atoms with Crippen molar-refractivity contribution in [2.24, 2.45) is 5.10 Å². The molecule has 5 nitrogen and oxygen atoms in total. The van der Waals surface area contributed by atoms with Gasteiger partial charge in [-0.25, -0.2) is 26.3 Å². The van der Waals surface area contributed by atoms with E-state index in [1.54, 1.807) is 18.2 Å². The molecular formula is C25H15BrF6N2O3. The van der Waals surface area contributed by atoms with Crippen LogP contribution < -0.4 is 14.5 Å². The number of carbonyl (C=O) groups excluding carboxylic acids is 1. The van der Waals surface area contributed by atoms with Crippen LogP contribution >= 0.6 is 15.9 Å². The highest BCUT2D eigenvalue weighted by Crippen LogP contribution is 2.39. The lowest BCUT2D eigenvalue weighted by molar-refractivity contribution is -0.114. The first kappa shape index (κ1) is 26.3. The molecule has 37 heavy (non-hydrogen) atoms. The van der Waals surface area contributed by atoms with Crippen LogP contribution in [-0.4, -0.2) is 18.7 Å². The second-order valence-corrected chi connectivity index (χ2v) is 8.55. The largest absolute Gasteiger partial charge is 0.493 e. The Kier molecular flexibility index (Phi) is 7.30. The molecule has 0 bridgehead atoms. The zero-order chi connectivity index (χ0) is 27.0. The first-order chi connectivity index (χ1) is 17.5. The fraction of sp³-hybridized carbons (Fsp3) is 0.120. The number of anilines is 1. The smallest absolute Gasteiger partial charge is 0.280 e. The first-order valence-electron chi connectivity index (χ1n) is 10.4. The summed E-state index contributed by atoms with van der Waals surface area (Å²) in [5.41, 5.74) is -1.04. The second-order valence-electron chi connectivity index (χ2n) is 7.69. The summed E-state index contributed by atoms with van der Waals surface area (Å²) in [4.78, 5) is 12.9. The molecule has 0 aliphatic carbocycles. The maximum atomic E-state index is 14.3. The topological polar surface area (TPSA) is 51.1 Å². The van der Waals surface area contributed by atoms with Crippen LogP contribution in [0.3, 0.4) is 0 Å². The van der Waals surface area contributed by atoms with Gasteiger partial charge in [0, 0.05) is 5.56 Å². The highest BCUT2D eigenvalue weighted by atomic mass is 79.9. The van der Waals surface area contributed by atoms with Crippen LogP contribution in [-0.2, 0) is 11.4 Å². The van der Waals surface area contributed by atoms with Crippen LogP contribution in [0.15, 0.2) is 51.5 Å². The van der Waals surface area contributed by atoms with E-state index < -0.39 is 46.5 Å². The molecule has 0 unspecified atom stereocenters. The van der Waals surface area contributed by atoms with Crippen LogP contribution in [0.2, 0.25) is 0 Å². The zero-order valence-electron chi connectivity index (χ0n) is 19.0. The molecule has 1 aliphatic heterocycles. The Morgan fingerprint density at radius 3 is 2.22 bits per heavy atom. The minimum absolute atomic E-state index is 0.0380. The first-order valence-corrected chi connectivity index (χ1v) is 11.2. The summed E-state index contributed by atoms with van der Waals surface area (Å²) in [6.07, 6.45) is 1.29. The van der Waals surface area contributed by atoms with Crippen molar-refractivity contribution in [3.05, 3.63) is 92.5 Å². The number of hydrogen-bond acceptors (Lipinski definition) is 4.